The minimum Gasteiger partial charge on any atom is -0.484 e. The van der Waals surface area contributed by atoms with Gasteiger partial charge in [-0.15, -0.1) is 0 Å². The molecule has 0 saturated heterocycles. The van der Waals surface area contributed by atoms with Crippen molar-refractivity contribution in [2.24, 2.45) is 5.73 Å². The van der Waals surface area contributed by atoms with Gasteiger partial charge in [-0.2, -0.15) is 0 Å². The van der Waals surface area contributed by atoms with Crippen molar-refractivity contribution < 1.29 is 4.74 Å². The van der Waals surface area contributed by atoms with Crippen LogP contribution in [0.1, 0.15) is 11.7 Å². The number of rotatable bonds is 4. The number of nitrogens with zero attached hydrogens (tertiary/aromatic N) is 1. The van der Waals surface area contributed by atoms with Crippen LogP contribution < -0.4 is 10.5 Å². The van der Waals surface area contributed by atoms with Crippen LogP contribution in [0.4, 0.5) is 0 Å². The Morgan fingerprint density at radius 1 is 1.00 bits per heavy atom. The zero-order valence-corrected chi connectivity index (χ0v) is 13.0. The third kappa shape index (κ3) is 3.23. The Bertz CT molecular complexity index is 746. The van der Waals surface area contributed by atoms with Gasteiger partial charge in [-0.25, -0.2) is 0 Å². The molecule has 0 saturated carbocycles. The van der Waals surface area contributed by atoms with Crippen LogP contribution in [0, 0.1) is 0 Å². The van der Waals surface area contributed by atoms with E-state index in [2.05, 4.69) is 39.1 Å². The Kier molecular flexibility index (Phi) is 4.18. The van der Waals surface area contributed by atoms with E-state index in [1.54, 1.807) is 12.4 Å². The molecule has 2 N–H and O–H groups in total. The molecule has 0 aliphatic rings. The number of benzene rings is 2. The minimum absolute atomic E-state index is 0.166. The molecule has 0 spiro atoms. The van der Waals surface area contributed by atoms with Gasteiger partial charge in [-0.05, 0) is 52.7 Å². The number of pyridine rings is 1. The van der Waals surface area contributed by atoms with Gasteiger partial charge in [0.1, 0.15) is 11.9 Å². The Labute approximate surface area is 131 Å². The number of nitrogens with two attached hydrogens (primary N) is 1. The lowest BCUT2D eigenvalue weighted by atomic mass is 10.1. The number of aromatic nitrogens is 1. The first-order valence-electron chi connectivity index (χ1n) is 6.72. The second-order valence-electron chi connectivity index (χ2n) is 4.78. The summed E-state index contributed by atoms with van der Waals surface area (Å²) in [5, 5.41) is 2.31. The molecular formula is C17H15BrN2O. The highest BCUT2D eigenvalue weighted by molar-refractivity contribution is 9.10. The van der Waals surface area contributed by atoms with Crippen LogP contribution in [0.15, 0.2) is 65.4 Å². The van der Waals surface area contributed by atoms with Crippen molar-refractivity contribution in [3.8, 4) is 5.75 Å². The van der Waals surface area contributed by atoms with Gasteiger partial charge in [0.2, 0.25) is 0 Å². The van der Waals surface area contributed by atoms with Gasteiger partial charge < -0.3 is 10.5 Å². The highest BCUT2D eigenvalue weighted by atomic mass is 79.9. The van der Waals surface area contributed by atoms with Gasteiger partial charge in [0, 0.05) is 23.4 Å². The molecule has 3 rings (SSSR count). The molecule has 4 heteroatoms. The summed E-state index contributed by atoms with van der Waals surface area (Å²) >= 11 is 3.48. The van der Waals surface area contributed by atoms with E-state index in [1.807, 2.05) is 30.3 Å². The lowest BCUT2D eigenvalue weighted by molar-refractivity contribution is 0.214. The van der Waals surface area contributed by atoms with E-state index in [0.717, 1.165) is 21.2 Å². The van der Waals surface area contributed by atoms with E-state index in [4.69, 9.17) is 10.5 Å². The van der Waals surface area contributed by atoms with E-state index >= 15 is 0 Å². The molecule has 0 aliphatic heterocycles. The van der Waals surface area contributed by atoms with Crippen molar-refractivity contribution in [1.29, 1.82) is 0 Å². The highest BCUT2D eigenvalue weighted by Crippen LogP contribution is 2.27. The number of halogens is 1. The molecule has 0 amide bonds. The summed E-state index contributed by atoms with van der Waals surface area (Å²) in [6, 6.07) is 16.1. The van der Waals surface area contributed by atoms with Crippen molar-refractivity contribution in [3.05, 3.63) is 71.0 Å². The Morgan fingerprint density at radius 2 is 1.71 bits per heavy atom. The molecular weight excluding hydrogens is 328 g/mol. The first kappa shape index (κ1) is 14.0. The molecule has 1 atom stereocenters. The van der Waals surface area contributed by atoms with Crippen LogP contribution in [-0.2, 0) is 0 Å². The average molecular weight is 343 g/mol. The Balaban J connectivity index is 1.88. The monoisotopic (exact) mass is 342 g/mol. The summed E-state index contributed by atoms with van der Waals surface area (Å²) in [6.07, 6.45) is 3.33. The smallest absolute Gasteiger partial charge is 0.136 e. The number of fused-ring (bicyclic) bond motifs is 1. The van der Waals surface area contributed by atoms with Crippen LogP contribution in [0.3, 0.4) is 0 Å². The molecule has 3 nitrogen and oxygen atoms in total. The van der Waals surface area contributed by atoms with E-state index in [9.17, 15) is 0 Å². The third-order valence-electron chi connectivity index (χ3n) is 3.34. The number of ether oxygens (including phenoxy) is 1. The maximum absolute atomic E-state index is 6.02. The fraction of sp³-hybridized carbons (Fsp3) is 0.118. The fourth-order valence-corrected chi connectivity index (χ4v) is 2.64. The van der Waals surface area contributed by atoms with Crippen LogP contribution >= 0.6 is 15.9 Å². The topological polar surface area (TPSA) is 48.1 Å². The molecule has 0 fully saturated rings. The summed E-state index contributed by atoms with van der Waals surface area (Å²) in [5.74, 6) is 0.817. The average Bonchev–Trinajstić information content (AvgIpc) is 2.53. The van der Waals surface area contributed by atoms with Crippen LogP contribution in [-0.4, -0.2) is 11.5 Å². The SMILES string of the molecule is NCC(Oc1ccc2cc(Br)ccc2c1)c1ccncc1. The molecule has 106 valence electrons. The molecule has 1 heterocycles. The number of hydrogen-bond acceptors (Lipinski definition) is 3. The molecule has 1 aromatic heterocycles. The normalized spacial score (nSPS) is 12.3. The van der Waals surface area contributed by atoms with Crippen molar-refractivity contribution in [1.82, 2.24) is 4.98 Å². The maximum Gasteiger partial charge on any atom is 0.136 e. The standard InChI is InChI=1S/C17H15BrN2O/c18-15-3-1-14-10-16(4-2-13(14)9-15)21-17(11-19)12-5-7-20-8-6-12/h1-10,17H,11,19H2. The molecule has 0 bridgehead atoms. The zero-order chi connectivity index (χ0) is 14.7. The molecule has 0 radical (unpaired) electrons. The lowest BCUT2D eigenvalue weighted by Gasteiger charge is -2.18. The van der Waals surface area contributed by atoms with E-state index in [0.29, 0.717) is 6.54 Å². The molecule has 0 aliphatic carbocycles. The van der Waals surface area contributed by atoms with Gasteiger partial charge >= 0.3 is 0 Å². The zero-order valence-electron chi connectivity index (χ0n) is 11.4. The van der Waals surface area contributed by atoms with Gasteiger partial charge in [0.25, 0.3) is 0 Å². The Hall–Kier alpha value is -1.91. The lowest BCUT2D eigenvalue weighted by Crippen LogP contribution is -2.18. The van der Waals surface area contributed by atoms with Gasteiger partial charge in [0.15, 0.2) is 0 Å². The van der Waals surface area contributed by atoms with Gasteiger partial charge in [-0.1, -0.05) is 28.1 Å². The Morgan fingerprint density at radius 3 is 2.48 bits per heavy atom. The maximum atomic E-state index is 6.02. The highest BCUT2D eigenvalue weighted by Gasteiger charge is 2.11. The van der Waals surface area contributed by atoms with Crippen LogP contribution in [0.2, 0.25) is 0 Å². The summed E-state index contributed by atoms with van der Waals surface area (Å²) in [4.78, 5) is 4.02. The molecule has 1 unspecified atom stereocenters. The summed E-state index contributed by atoms with van der Waals surface area (Å²) < 4.78 is 7.09. The van der Waals surface area contributed by atoms with Gasteiger partial charge in [0.05, 0.1) is 0 Å². The van der Waals surface area contributed by atoms with Gasteiger partial charge in [-0.3, -0.25) is 4.98 Å². The number of hydrogen-bond donors (Lipinski definition) is 1. The quantitative estimate of drug-likeness (QED) is 0.777. The van der Waals surface area contributed by atoms with Crippen molar-refractivity contribution in [2.75, 3.05) is 6.54 Å². The fourth-order valence-electron chi connectivity index (χ4n) is 2.26. The van der Waals surface area contributed by atoms with E-state index in [1.165, 1.54) is 5.39 Å². The molecule has 2 aromatic carbocycles. The summed E-state index contributed by atoms with van der Waals surface area (Å²) in [6.45, 7) is 0.419. The van der Waals surface area contributed by atoms with Crippen molar-refractivity contribution >= 4 is 26.7 Å². The third-order valence-corrected chi connectivity index (χ3v) is 3.84. The van der Waals surface area contributed by atoms with Crippen molar-refractivity contribution in [3.63, 3.8) is 0 Å². The summed E-state index contributed by atoms with van der Waals surface area (Å²) in [5.41, 5.74) is 6.86. The first-order valence-corrected chi connectivity index (χ1v) is 7.51. The minimum atomic E-state index is -0.166. The largest absolute Gasteiger partial charge is 0.484 e. The van der Waals surface area contributed by atoms with Crippen LogP contribution in [0.5, 0.6) is 5.75 Å². The predicted molar refractivity (Wildman–Crippen MR) is 88.3 cm³/mol. The first-order chi connectivity index (χ1) is 10.3. The van der Waals surface area contributed by atoms with E-state index < -0.39 is 0 Å². The second-order valence-corrected chi connectivity index (χ2v) is 5.69. The van der Waals surface area contributed by atoms with Crippen LogP contribution in [0.25, 0.3) is 10.8 Å². The molecule has 21 heavy (non-hydrogen) atoms. The predicted octanol–water partition coefficient (Wildman–Crippen LogP) is 4.08. The molecule has 3 aromatic rings. The summed E-state index contributed by atoms with van der Waals surface area (Å²) in [7, 11) is 0. The van der Waals surface area contributed by atoms with E-state index in [-0.39, 0.29) is 6.10 Å². The van der Waals surface area contributed by atoms with Crippen molar-refractivity contribution in [2.45, 2.75) is 6.10 Å². The second kappa shape index (κ2) is 6.24.